The molecule has 0 bridgehead atoms. The van der Waals surface area contributed by atoms with E-state index >= 15 is 0 Å². The van der Waals surface area contributed by atoms with E-state index in [1.165, 1.54) is 0 Å². The van der Waals surface area contributed by atoms with Crippen molar-refractivity contribution in [2.24, 2.45) is 23.0 Å². The molecule has 1 aliphatic carbocycles. The number of hydrogen-bond acceptors (Lipinski definition) is 2. The van der Waals surface area contributed by atoms with Crippen molar-refractivity contribution in [3.8, 4) is 0 Å². The van der Waals surface area contributed by atoms with Crippen molar-refractivity contribution in [3.63, 3.8) is 0 Å². The van der Waals surface area contributed by atoms with Crippen LogP contribution in [0.2, 0.25) is 0 Å². The molecule has 3 atom stereocenters. The first-order valence-electron chi connectivity index (χ1n) is 4.86. The van der Waals surface area contributed by atoms with Gasteiger partial charge >= 0.3 is 0 Å². The molecule has 2 heteroatoms. The van der Waals surface area contributed by atoms with Gasteiger partial charge in [-0.1, -0.05) is 20.8 Å². The van der Waals surface area contributed by atoms with E-state index in [0.29, 0.717) is 24.5 Å². The van der Waals surface area contributed by atoms with Crippen LogP contribution in [0.3, 0.4) is 0 Å². The first-order chi connectivity index (χ1) is 5.50. The van der Waals surface area contributed by atoms with Crippen LogP contribution < -0.4 is 5.73 Å². The third kappa shape index (κ3) is 1.50. The van der Waals surface area contributed by atoms with Crippen molar-refractivity contribution in [3.05, 3.63) is 0 Å². The highest BCUT2D eigenvalue weighted by Crippen LogP contribution is 2.43. The van der Waals surface area contributed by atoms with Crippen LogP contribution in [0.15, 0.2) is 0 Å². The van der Waals surface area contributed by atoms with Crippen LogP contribution in [-0.2, 0) is 0 Å². The molecule has 0 aromatic rings. The highest BCUT2D eigenvalue weighted by atomic mass is 16.3. The molecule has 1 rings (SSSR count). The van der Waals surface area contributed by atoms with Crippen molar-refractivity contribution in [1.82, 2.24) is 0 Å². The molecule has 1 saturated carbocycles. The van der Waals surface area contributed by atoms with Gasteiger partial charge in [0.2, 0.25) is 0 Å². The molecule has 0 saturated heterocycles. The zero-order valence-electron chi connectivity index (χ0n) is 8.38. The van der Waals surface area contributed by atoms with Crippen molar-refractivity contribution in [2.45, 2.75) is 39.7 Å². The van der Waals surface area contributed by atoms with Crippen LogP contribution in [0, 0.1) is 17.3 Å². The summed E-state index contributed by atoms with van der Waals surface area (Å²) in [6.45, 7) is 6.95. The summed E-state index contributed by atoms with van der Waals surface area (Å²) in [4.78, 5) is 0. The van der Waals surface area contributed by atoms with E-state index in [2.05, 4.69) is 20.8 Å². The molecule has 0 heterocycles. The molecule has 3 unspecified atom stereocenters. The van der Waals surface area contributed by atoms with Gasteiger partial charge in [-0.05, 0) is 30.1 Å². The van der Waals surface area contributed by atoms with Gasteiger partial charge in [-0.25, -0.2) is 0 Å². The minimum absolute atomic E-state index is 0.201. The second kappa shape index (κ2) is 3.35. The molecule has 72 valence electrons. The lowest BCUT2D eigenvalue weighted by molar-refractivity contribution is 0.0168. The smallest absolute Gasteiger partial charge is 0.0464 e. The Hall–Kier alpha value is -0.0800. The van der Waals surface area contributed by atoms with Crippen LogP contribution in [0.1, 0.15) is 33.6 Å². The molecule has 3 N–H and O–H groups in total. The standard InChI is InChI=1S/C10H21NO/c1-7-9(11)5-4-8(6-12)10(7,2)3/h7-9,12H,4-6,11H2,1-3H3. The monoisotopic (exact) mass is 171 g/mol. The van der Waals surface area contributed by atoms with E-state index in [0.717, 1.165) is 12.8 Å². The molecule has 2 nitrogen and oxygen atoms in total. The number of hydrogen-bond donors (Lipinski definition) is 2. The molecular weight excluding hydrogens is 150 g/mol. The van der Waals surface area contributed by atoms with Gasteiger partial charge in [0, 0.05) is 12.6 Å². The summed E-state index contributed by atoms with van der Waals surface area (Å²) >= 11 is 0. The minimum Gasteiger partial charge on any atom is -0.396 e. The fourth-order valence-corrected chi connectivity index (χ4v) is 2.27. The van der Waals surface area contributed by atoms with Gasteiger partial charge < -0.3 is 10.8 Å². The Morgan fingerprint density at radius 3 is 2.50 bits per heavy atom. The van der Waals surface area contributed by atoms with Crippen molar-refractivity contribution < 1.29 is 5.11 Å². The normalized spacial score (nSPS) is 41.2. The SMILES string of the molecule is CC1C(N)CCC(CO)C1(C)C. The van der Waals surface area contributed by atoms with E-state index < -0.39 is 0 Å². The van der Waals surface area contributed by atoms with E-state index in [-0.39, 0.29) is 5.41 Å². The third-order valence-electron chi connectivity index (χ3n) is 3.94. The molecular formula is C10H21NO. The zero-order valence-corrected chi connectivity index (χ0v) is 8.38. The van der Waals surface area contributed by atoms with Crippen LogP contribution in [0.5, 0.6) is 0 Å². The lowest BCUT2D eigenvalue weighted by Crippen LogP contribution is -2.47. The van der Waals surface area contributed by atoms with Gasteiger partial charge in [0.05, 0.1) is 0 Å². The molecule has 12 heavy (non-hydrogen) atoms. The Labute approximate surface area is 75.2 Å². The van der Waals surface area contributed by atoms with Crippen LogP contribution >= 0.6 is 0 Å². The Bertz CT molecular complexity index is 152. The van der Waals surface area contributed by atoms with Gasteiger partial charge in [0.1, 0.15) is 0 Å². The van der Waals surface area contributed by atoms with Crippen molar-refractivity contribution in [1.29, 1.82) is 0 Å². The maximum absolute atomic E-state index is 9.19. The maximum Gasteiger partial charge on any atom is 0.0464 e. The Kier molecular flexibility index (Phi) is 2.79. The molecule has 0 spiro atoms. The van der Waals surface area contributed by atoms with Gasteiger partial charge in [0.15, 0.2) is 0 Å². The molecule has 0 amide bonds. The fourth-order valence-electron chi connectivity index (χ4n) is 2.27. The quantitative estimate of drug-likeness (QED) is 0.626. The summed E-state index contributed by atoms with van der Waals surface area (Å²) < 4.78 is 0. The number of aliphatic hydroxyl groups excluding tert-OH is 1. The molecule has 0 radical (unpaired) electrons. The van der Waals surface area contributed by atoms with Gasteiger partial charge in [-0.3, -0.25) is 0 Å². The number of nitrogens with two attached hydrogens (primary N) is 1. The van der Waals surface area contributed by atoms with Crippen molar-refractivity contribution >= 4 is 0 Å². The summed E-state index contributed by atoms with van der Waals surface area (Å²) in [6, 6.07) is 0.322. The average molecular weight is 171 g/mol. The first-order valence-corrected chi connectivity index (χ1v) is 4.86. The van der Waals surface area contributed by atoms with Crippen LogP contribution in [0.25, 0.3) is 0 Å². The summed E-state index contributed by atoms with van der Waals surface area (Å²) in [5.74, 6) is 0.954. The summed E-state index contributed by atoms with van der Waals surface area (Å²) in [5.41, 5.74) is 6.19. The summed E-state index contributed by atoms with van der Waals surface area (Å²) in [6.07, 6.45) is 2.14. The Balaban J connectivity index is 2.73. The van der Waals surface area contributed by atoms with Gasteiger partial charge in [0.25, 0.3) is 0 Å². The summed E-state index contributed by atoms with van der Waals surface area (Å²) in [5, 5.41) is 9.19. The lowest BCUT2D eigenvalue weighted by Gasteiger charge is -2.46. The van der Waals surface area contributed by atoms with Crippen molar-refractivity contribution in [2.75, 3.05) is 6.61 Å². The van der Waals surface area contributed by atoms with Gasteiger partial charge in [-0.15, -0.1) is 0 Å². The first kappa shape index (κ1) is 10.0. The molecule has 0 aliphatic heterocycles. The molecule has 0 aromatic carbocycles. The van der Waals surface area contributed by atoms with Crippen LogP contribution in [0.4, 0.5) is 0 Å². The molecule has 0 aromatic heterocycles. The molecule has 1 aliphatic rings. The topological polar surface area (TPSA) is 46.2 Å². The van der Waals surface area contributed by atoms with Crippen LogP contribution in [-0.4, -0.2) is 17.8 Å². The largest absolute Gasteiger partial charge is 0.396 e. The fraction of sp³-hybridized carbons (Fsp3) is 1.00. The third-order valence-corrected chi connectivity index (χ3v) is 3.94. The van der Waals surface area contributed by atoms with E-state index in [1.807, 2.05) is 0 Å². The summed E-state index contributed by atoms with van der Waals surface area (Å²) in [7, 11) is 0. The number of rotatable bonds is 1. The second-order valence-corrected chi connectivity index (χ2v) is 4.73. The lowest BCUT2D eigenvalue weighted by atomic mass is 9.61. The zero-order chi connectivity index (χ0) is 9.35. The highest BCUT2D eigenvalue weighted by Gasteiger charge is 2.40. The van der Waals surface area contributed by atoms with E-state index in [9.17, 15) is 5.11 Å². The Morgan fingerprint density at radius 1 is 1.42 bits per heavy atom. The van der Waals surface area contributed by atoms with E-state index in [4.69, 9.17) is 5.73 Å². The minimum atomic E-state index is 0.201. The second-order valence-electron chi connectivity index (χ2n) is 4.73. The maximum atomic E-state index is 9.19. The van der Waals surface area contributed by atoms with E-state index in [1.54, 1.807) is 0 Å². The number of aliphatic hydroxyl groups is 1. The highest BCUT2D eigenvalue weighted by molar-refractivity contribution is 4.92. The predicted octanol–water partition coefficient (Wildman–Crippen LogP) is 1.38. The average Bonchev–Trinajstić information content (AvgIpc) is 2.01. The predicted molar refractivity (Wildman–Crippen MR) is 50.7 cm³/mol. The van der Waals surface area contributed by atoms with Gasteiger partial charge in [-0.2, -0.15) is 0 Å². The molecule has 1 fully saturated rings. The Morgan fingerprint density at radius 2 is 2.00 bits per heavy atom.